The molecule has 2 aromatic heterocycles. The van der Waals surface area contributed by atoms with Crippen molar-refractivity contribution in [3.63, 3.8) is 0 Å². The Hall–Kier alpha value is -3.90. The maximum Gasteiger partial charge on any atom is 0.274 e. The molecule has 1 saturated heterocycles. The third kappa shape index (κ3) is 5.30. The first-order valence-electron chi connectivity index (χ1n) is 11.0. The van der Waals surface area contributed by atoms with Crippen LogP contribution in [0.2, 0.25) is 0 Å². The van der Waals surface area contributed by atoms with Crippen molar-refractivity contribution in [2.75, 3.05) is 23.7 Å². The monoisotopic (exact) mass is 445 g/mol. The SMILES string of the molecule is CC(C)Nc1cc(Nc2ccc(C#N)cc2)ncc1-n1ccc(C(=O)N2CCC(O)CC2)n1. The molecule has 1 fully saturated rings. The molecule has 1 aromatic carbocycles. The molecule has 4 rings (SSSR count). The molecule has 1 aliphatic heterocycles. The van der Waals surface area contributed by atoms with E-state index in [1.165, 1.54) is 0 Å². The van der Waals surface area contributed by atoms with Gasteiger partial charge in [-0.25, -0.2) is 9.67 Å². The number of nitriles is 1. The van der Waals surface area contributed by atoms with Crippen molar-refractivity contribution in [1.29, 1.82) is 5.26 Å². The van der Waals surface area contributed by atoms with E-state index in [0.29, 0.717) is 43.0 Å². The maximum absolute atomic E-state index is 12.8. The molecule has 9 nitrogen and oxygen atoms in total. The molecule has 0 bridgehead atoms. The quantitative estimate of drug-likeness (QED) is 0.533. The fourth-order valence-corrected chi connectivity index (χ4v) is 3.70. The maximum atomic E-state index is 12.8. The summed E-state index contributed by atoms with van der Waals surface area (Å²) in [4.78, 5) is 19.1. The van der Waals surface area contributed by atoms with E-state index in [2.05, 4.69) is 26.8 Å². The summed E-state index contributed by atoms with van der Waals surface area (Å²) in [5, 5.41) is 29.8. The Labute approximate surface area is 192 Å². The topological polar surface area (TPSA) is 119 Å². The van der Waals surface area contributed by atoms with Gasteiger partial charge in [0.1, 0.15) is 11.5 Å². The number of benzene rings is 1. The Morgan fingerprint density at radius 3 is 2.61 bits per heavy atom. The van der Waals surface area contributed by atoms with Crippen LogP contribution in [0.4, 0.5) is 17.2 Å². The molecule has 0 saturated carbocycles. The second kappa shape index (κ2) is 9.71. The molecule has 0 unspecified atom stereocenters. The number of nitrogens with zero attached hydrogens (tertiary/aromatic N) is 5. The van der Waals surface area contributed by atoms with Gasteiger partial charge in [0.15, 0.2) is 5.69 Å². The molecule has 170 valence electrons. The molecule has 0 aliphatic carbocycles. The Bertz CT molecular complexity index is 1160. The van der Waals surface area contributed by atoms with Crippen LogP contribution in [-0.4, -0.2) is 55.9 Å². The van der Waals surface area contributed by atoms with Crippen LogP contribution in [0, 0.1) is 11.3 Å². The Morgan fingerprint density at radius 1 is 1.21 bits per heavy atom. The number of carbonyl (C=O) groups is 1. The van der Waals surface area contributed by atoms with Gasteiger partial charge in [-0.2, -0.15) is 10.4 Å². The summed E-state index contributed by atoms with van der Waals surface area (Å²) in [6.45, 7) is 5.15. The molecule has 1 aliphatic rings. The number of hydrogen-bond acceptors (Lipinski definition) is 7. The lowest BCUT2D eigenvalue weighted by Gasteiger charge is -2.28. The summed E-state index contributed by atoms with van der Waals surface area (Å²) in [7, 11) is 0. The second-order valence-electron chi connectivity index (χ2n) is 8.37. The first-order valence-corrected chi connectivity index (χ1v) is 11.0. The minimum atomic E-state index is -0.334. The van der Waals surface area contributed by atoms with E-state index in [1.54, 1.807) is 40.2 Å². The number of nitrogens with one attached hydrogen (secondary N) is 2. The van der Waals surface area contributed by atoms with E-state index in [4.69, 9.17) is 5.26 Å². The summed E-state index contributed by atoms with van der Waals surface area (Å²) in [6, 6.07) is 13.0. The number of anilines is 3. The van der Waals surface area contributed by atoms with Crippen LogP contribution in [0.5, 0.6) is 0 Å². The molecule has 1 amide bonds. The van der Waals surface area contributed by atoms with E-state index in [9.17, 15) is 9.90 Å². The van der Waals surface area contributed by atoms with Gasteiger partial charge in [0.2, 0.25) is 0 Å². The van der Waals surface area contributed by atoms with Gasteiger partial charge in [0.25, 0.3) is 5.91 Å². The third-order valence-corrected chi connectivity index (χ3v) is 5.42. The van der Waals surface area contributed by atoms with Crippen LogP contribution in [0.1, 0.15) is 42.7 Å². The minimum Gasteiger partial charge on any atom is -0.393 e. The van der Waals surface area contributed by atoms with Gasteiger partial charge in [-0.1, -0.05) is 0 Å². The lowest BCUT2D eigenvalue weighted by Crippen LogP contribution is -2.40. The average molecular weight is 446 g/mol. The first kappa shape index (κ1) is 22.3. The zero-order valence-corrected chi connectivity index (χ0v) is 18.7. The van der Waals surface area contributed by atoms with Crippen LogP contribution < -0.4 is 10.6 Å². The highest BCUT2D eigenvalue weighted by Gasteiger charge is 2.24. The fraction of sp³-hybridized carbons (Fsp3) is 0.333. The highest BCUT2D eigenvalue weighted by Crippen LogP contribution is 2.25. The summed E-state index contributed by atoms with van der Waals surface area (Å²) < 4.78 is 1.65. The van der Waals surface area contributed by atoms with E-state index >= 15 is 0 Å². The number of aromatic nitrogens is 3. The zero-order chi connectivity index (χ0) is 23.4. The molecule has 0 spiro atoms. The van der Waals surface area contributed by atoms with Gasteiger partial charge in [0.05, 0.1) is 29.6 Å². The highest BCUT2D eigenvalue weighted by molar-refractivity contribution is 5.92. The van der Waals surface area contributed by atoms with Gasteiger partial charge in [-0.05, 0) is 57.0 Å². The number of rotatable bonds is 6. The summed E-state index contributed by atoms with van der Waals surface area (Å²) in [6.07, 6.45) is 4.30. The van der Waals surface area contributed by atoms with Gasteiger partial charge in [-0.3, -0.25) is 4.79 Å². The smallest absolute Gasteiger partial charge is 0.274 e. The average Bonchev–Trinajstić information content (AvgIpc) is 3.29. The van der Waals surface area contributed by atoms with Crippen molar-refractivity contribution < 1.29 is 9.90 Å². The van der Waals surface area contributed by atoms with Crippen molar-refractivity contribution >= 4 is 23.1 Å². The molecule has 0 atom stereocenters. The predicted molar refractivity (Wildman–Crippen MR) is 126 cm³/mol. The van der Waals surface area contributed by atoms with Gasteiger partial charge in [0, 0.05) is 37.1 Å². The van der Waals surface area contributed by atoms with Crippen LogP contribution >= 0.6 is 0 Å². The number of piperidine rings is 1. The standard InChI is InChI=1S/C24H27N7O2/c1-16(2)27-21-13-23(28-18-5-3-17(14-25)4-6-18)26-15-22(21)31-12-9-20(29-31)24(33)30-10-7-19(32)8-11-30/h3-6,9,12-13,15-16,19,32H,7-8,10-11H2,1-2H3,(H2,26,27,28). The molecule has 3 aromatic rings. The molecule has 0 radical (unpaired) electrons. The second-order valence-corrected chi connectivity index (χ2v) is 8.37. The summed E-state index contributed by atoms with van der Waals surface area (Å²) in [5.74, 6) is 0.507. The Morgan fingerprint density at radius 2 is 1.94 bits per heavy atom. The number of aliphatic hydroxyl groups excluding tert-OH is 1. The third-order valence-electron chi connectivity index (χ3n) is 5.42. The van der Waals surface area contributed by atoms with Crippen LogP contribution in [0.3, 0.4) is 0 Å². The van der Waals surface area contributed by atoms with Crippen molar-refractivity contribution in [3.8, 4) is 11.8 Å². The largest absolute Gasteiger partial charge is 0.393 e. The normalized spacial score (nSPS) is 14.2. The van der Waals surface area contributed by atoms with Gasteiger partial charge in [-0.15, -0.1) is 0 Å². The van der Waals surface area contributed by atoms with E-state index in [1.807, 2.05) is 32.0 Å². The summed E-state index contributed by atoms with van der Waals surface area (Å²) in [5.41, 5.74) is 3.32. The number of amides is 1. The van der Waals surface area contributed by atoms with E-state index < -0.39 is 0 Å². The van der Waals surface area contributed by atoms with E-state index in [0.717, 1.165) is 17.1 Å². The lowest BCUT2D eigenvalue weighted by molar-refractivity contribution is 0.0541. The van der Waals surface area contributed by atoms with Crippen molar-refractivity contribution in [3.05, 3.63) is 60.0 Å². The Balaban J connectivity index is 1.56. The van der Waals surface area contributed by atoms with Crippen LogP contribution in [0.25, 0.3) is 5.69 Å². The lowest BCUT2D eigenvalue weighted by atomic mass is 10.1. The molecule has 33 heavy (non-hydrogen) atoms. The number of carbonyl (C=O) groups excluding carboxylic acids is 1. The summed E-state index contributed by atoms with van der Waals surface area (Å²) >= 11 is 0. The molecule has 9 heteroatoms. The van der Waals surface area contributed by atoms with Crippen LogP contribution in [-0.2, 0) is 0 Å². The number of likely N-dealkylation sites (tertiary alicyclic amines) is 1. The van der Waals surface area contributed by atoms with E-state index in [-0.39, 0.29) is 18.1 Å². The van der Waals surface area contributed by atoms with Gasteiger partial charge < -0.3 is 20.6 Å². The molecule has 3 heterocycles. The molecular weight excluding hydrogens is 418 g/mol. The van der Waals surface area contributed by atoms with Crippen molar-refractivity contribution in [1.82, 2.24) is 19.7 Å². The molecular formula is C24H27N7O2. The van der Waals surface area contributed by atoms with Gasteiger partial charge >= 0.3 is 0 Å². The first-order chi connectivity index (χ1) is 15.9. The minimum absolute atomic E-state index is 0.133. The van der Waals surface area contributed by atoms with Crippen LogP contribution in [0.15, 0.2) is 48.8 Å². The van der Waals surface area contributed by atoms with Crippen molar-refractivity contribution in [2.45, 2.75) is 38.8 Å². The predicted octanol–water partition coefficient (Wildman–Crippen LogP) is 3.30. The molecule has 3 N–H and O–H groups in total. The number of pyridine rings is 1. The Kier molecular flexibility index (Phi) is 6.56. The highest BCUT2D eigenvalue weighted by atomic mass is 16.3. The van der Waals surface area contributed by atoms with Crippen molar-refractivity contribution in [2.24, 2.45) is 0 Å². The fourth-order valence-electron chi connectivity index (χ4n) is 3.70. The number of aliphatic hydroxyl groups is 1. The number of hydrogen-bond donors (Lipinski definition) is 3. The zero-order valence-electron chi connectivity index (χ0n) is 18.7.